The summed E-state index contributed by atoms with van der Waals surface area (Å²) in [7, 11) is 2.91. The number of pyridine rings is 1. The number of nitrogens with one attached hydrogen (secondary N) is 1. The zero-order chi connectivity index (χ0) is 13.5. The van der Waals surface area contributed by atoms with Gasteiger partial charge in [-0.2, -0.15) is 5.26 Å². The molecule has 0 unspecified atom stereocenters. The summed E-state index contributed by atoms with van der Waals surface area (Å²) in [5, 5.41) is 22.2. The molecule has 0 aliphatic carbocycles. The van der Waals surface area contributed by atoms with Gasteiger partial charge in [0.25, 0.3) is 0 Å². The molecule has 0 bridgehead atoms. The van der Waals surface area contributed by atoms with Crippen molar-refractivity contribution in [2.24, 2.45) is 0 Å². The summed E-state index contributed by atoms with van der Waals surface area (Å²) in [6.45, 7) is 0.201. The first-order valence-corrected chi connectivity index (χ1v) is 4.96. The SMILES string of the molecule is COC(CNc1ncc(C#N)cc1[N+](=O)[O-])OC. The van der Waals surface area contributed by atoms with Gasteiger partial charge in [-0.25, -0.2) is 4.98 Å². The summed E-state index contributed by atoms with van der Waals surface area (Å²) in [5.41, 5.74) is -0.137. The van der Waals surface area contributed by atoms with Crippen LogP contribution in [0.1, 0.15) is 5.56 Å². The fourth-order valence-corrected chi connectivity index (χ4v) is 1.23. The lowest BCUT2D eigenvalue weighted by Gasteiger charge is -2.14. The Kier molecular flexibility index (Phi) is 4.98. The highest BCUT2D eigenvalue weighted by Gasteiger charge is 2.17. The van der Waals surface area contributed by atoms with Gasteiger partial charge in [-0.3, -0.25) is 10.1 Å². The van der Waals surface area contributed by atoms with Crippen LogP contribution in [-0.2, 0) is 9.47 Å². The van der Waals surface area contributed by atoms with Gasteiger partial charge in [0.1, 0.15) is 6.07 Å². The van der Waals surface area contributed by atoms with Crippen molar-refractivity contribution in [2.45, 2.75) is 6.29 Å². The van der Waals surface area contributed by atoms with Gasteiger partial charge in [-0.1, -0.05) is 0 Å². The van der Waals surface area contributed by atoms with Crippen LogP contribution in [0.4, 0.5) is 11.5 Å². The molecule has 0 saturated carbocycles. The largest absolute Gasteiger partial charge is 0.359 e. The molecule has 0 saturated heterocycles. The van der Waals surface area contributed by atoms with Gasteiger partial charge in [0.2, 0.25) is 5.82 Å². The zero-order valence-electron chi connectivity index (χ0n) is 9.91. The van der Waals surface area contributed by atoms with Gasteiger partial charge in [0.15, 0.2) is 6.29 Å². The molecule has 0 aliphatic rings. The molecule has 96 valence electrons. The van der Waals surface area contributed by atoms with Crippen molar-refractivity contribution in [1.82, 2.24) is 4.98 Å². The minimum Gasteiger partial charge on any atom is -0.359 e. The molecule has 1 aromatic heterocycles. The second-order valence-electron chi connectivity index (χ2n) is 3.24. The predicted octanol–water partition coefficient (Wildman–Crippen LogP) is 0.892. The number of ether oxygens (including phenoxy) is 2. The molecule has 1 heterocycles. The highest BCUT2D eigenvalue weighted by Crippen LogP contribution is 2.22. The minimum atomic E-state index is -0.606. The van der Waals surface area contributed by atoms with Crippen molar-refractivity contribution in [3.05, 3.63) is 27.9 Å². The van der Waals surface area contributed by atoms with E-state index in [1.54, 1.807) is 6.07 Å². The van der Waals surface area contributed by atoms with Crippen LogP contribution in [0.15, 0.2) is 12.3 Å². The number of hydrogen-bond acceptors (Lipinski definition) is 7. The maximum Gasteiger partial charge on any atom is 0.312 e. The summed E-state index contributed by atoms with van der Waals surface area (Å²) in [5.74, 6) is 0.0677. The van der Waals surface area contributed by atoms with E-state index in [0.717, 1.165) is 6.07 Å². The number of methoxy groups -OCH3 is 2. The Balaban J connectivity index is 2.88. The summed E-state index contributed by atoms with van der Waals surface area (Å²) < 4.78 is 9.86. The third-order valence-electron chi connectivity index (χ3n) is 2.16. The van der Waals surface area contributed by atoms with Crippen LogP contribution in [0.2, 0.25) is 0 Å². The number of nitrogens with zero attached hydrogens (tertiary/aromatic N) is 3. The quantitative estimate of drug-likeness (QED) is 0.454. The van der Waals surface area contributed by atoms with E-state index in [4.69, 9.17) is 14.7 Å². The molecule has 0 radical (unpaired) electrons. The molecule has 0 spiro atoms. The van der Waals surface area contributed by atoms with E-state index < -0.39 is 11.2 Å². The first-order chi connectivity index (χ1) is 8.62. The molecular formula is C10H12N4O4. The van der Waals surface area contributed by atoms with Gasteiger partial charge < -0.3 is 14.8 Å². The summed E-state index contributed by atoms with van der Waals surface area (Å²) in [6.07, 6.45) is 0.714. The fourth-order valence-electron chi connectivity index (χ4n) is 1.23. The van der Waals surface area contributed by atoms with Crippen molar-refractivity contribution in [3.63, 3.8) is 0 Å². The van der Waals surface area contributed by atoms with E-state index in [9.17, 15) is 10.1 Å². The molecule has 0 aromatic carbocycles. The van der Waals surface area contributed by atoms with Crippen LogP contribution >= 0.6 is 0 Å². The Labute approximate surface area is 103 Å². The third kappa shape index (κ3) is 3.38. The molecule has 1 N–H and O–H groups in total. The van der Waals surface area contributed by atoms with Crippen molar-refractivity contribution in [3.8, 4) is 6.07 Å². The summed E-state index contributed by atoms with van der Waals surface area (Å²) in [6, 6.07) is 2.95. The average molecular weight is 252 g/mol. The highest BCUT2D eigenvalue weighted by molar-refractivity contribution is 5.58. The number of anilines is 1. The van der Waals surface area contributed by atoms with E-state index in [0.29, 0.717) is 0 Å². The van der Waals surface area contributed by atoms with Gasteiger partial charge in [0, 0.05) is 26.5 Å². The second-order valence-corrected chi connectivity index (χ2v) is 3.24. The lowest BCUT2D eigenvalue weighted by molar-refractivity contribution is -0.384. The standard InChI is InChI=1S/C10H12N4O4/c1-17-9(18-2)6-13-10-8(14(15)16)3-7(4-11)5-12-10/h3,5,9H,6H2,1-2H3,(H,12,13). The zero-order valence-corrected chi connectivity index (χ0v) is 9.91. The number of hydrogen-bond donors (Lipinski definition) is 1. The van der Waals surface area contributed by atoms with Crippen LogP contribution in [0, 0.1) is 21.4 Å². The average Bonchev–Trinajstić information content (AvgIpc) is 2.39. The molecule has 8 nitrogen and oxygen atoms in total. The Morgan fingerprint density at radius 1 is 1.61 bits per heavy atom. The number of nitriles is 1. The van der Waals surface area contributed by atoms with E-state index >= 15 is 0 Å². The molecule has 8 heteroatoms. The number of aromatic nitrogens is 1. The van der Waals surface area contributed by atoms with Crippen LogP contribution in [0.3, 0.4) is 0 Å². The van der Waals surface area contributed by atoms with Crippen molar-refractivity contribution < 1.29 is 14.4 Å². The lowest BCUT2D eigenvalue weighted by Crippen LogP contribution is -2.24. The van der Waals surface area contributed by atoms with E-state index in [1.165, 1.54) is 20.4 Å². The first-order valence-electron chi connectivity index (χ1n) is 4.96. The molecule has 1 rings (SSSR count). The fraction of sp³-hybridized carbons (Fsp3) is 0.400. The van der Waals surface area contributed by atoms with Crippen molar-refractivity contribution in [2.75, 3.05) is 26.1 Å². The van der Waals surface area contributed by atoms with Crippen molar-refractivity contribution in [1.29, 1.82) is 5.26 Å². The predicted molar refractivity (Wildman–Crippen MR) is 61.9 cm³/mol. The van der Waals surface area contributed by atoms with Gasteiger partial charge >= 0.3 is 5.69 Å². The Hall–Kier alpha value is -2.24. The molecule has 1 aromatic rings. The lowest BCUT2D eigenvalue weighted by atomic mass is 10.3. The Morgan fingerprint density at radius 3 is 2.78 bits per heavy atom. The van der Waals surface area contributed by atoms with E-state index in [2.05, 4.69) is 10.3 Å². The third-order valence-corrected chi connectivity index (χ3v) is 2.16. The maximum absolute atomic E-state index is 10.8. The molecular weight excluding hydrogens is 240 g/mol. The number of nitro groups is 1. The molecule has 0 fully saturated rings. The number of rotatable bonds is 6. The molecule has 0 atom stereocenters. The van der Waals surface area contributed by atoms with Gasteiger partial charge in [-0.05, 0) is 0 Å². The molecule has 0 amide bonds. The normalized spacial score (nSPS) is 10.1. The maximum atomic E-state index is 10.8. The first kappa shape index (κ1) is 13.8. The second kappa shape index (κ2) is 6.48. The molecule has 0 aliphatic heterocycles. The Morgan fingerprint density at radius 2 is 2.28 bits per heavy atom. The summed E-state index contributed by atoms with van der Waals surface area (Å²) in [4.78, 5) is 14.0. The van der Waals surface area contributed by atoms with E-state index in [-0.39, 0.29) is 23.6 Å². The van der Waals surface area contributed by atoms with Gasteiger partial charge in [-0.15, -0.1) is 0 Å². The van der Waals surface area contributed by atoms with Crippen LogP contribution in [0.25, 0.3) is 0 Å². The van der Waals surface area contributed by atoms with Crippen LogP contribution < -0.4 is 5.32 Å². The van der Waals surface area contributed by atoms with Crippen molar-refractivity contribution >= 4 is 11.5 Å². The Bertz CT molecular complexity index is 467. The summed E-state index contributed by atoms with van der Waals surface area (Å²) >= 11 is 0. The van der Waals surface area contributed by atoms with Gasteiger partial charge in [0.05, 0.1) is 17.0 Å². The smallest absolute Gasteiger partial charge is 0.312 e. The van der Waals surface area contributed by atoms with Crippen LogP contribution in [0.5, 0.6) is 0 Å². The van der Waals surface area contributed by atoms with Crippen LogP contribution in [-0.4, -0.2) is 37.0 Å². The minimum absolute atomic E-state index is 0.0677. The topological polar surface area (TPSA) is 110 Å². The highest BCUT2D eigenvalue weighted by atomic mass is 16.7. The monoisotopic (exact) mass is 252 g/mol. The molecule has 18 heavy (non-hydrogen) atoms. The van der Waals surface area contributed by atoms with E-state index in [1.807, 2.05) is 0 Å².